The van der Waals surface area contributed by atoms with Crippen LogP contribution in [0.25, 0.3) is 0 Å². The normalized spacial score (nSPS) is 25.7. The Morgan fingerprint density at radius 3 is 2.61 bits per heavy atom. The van der Waals surface area contributed by atoms with Gasteiger partial charge in [-0.25, -0.2) is 0 Å². The zero-order valence-electron chi connectivity index (χ0n) is 17.7. The SMILES string of the molecule is O=C(NC1CC1)C1Cc2cc([N+](=O)[O-])ccc2N2CCN(CC(=O)N3CCCC3)CC12. The number of carbonyl (C=O) groups is 2. The fourth-order valence-corrected chi connectivity index (χ4v) is 5.22. The molecular formula is C22H29N5O4. The number of non-ortho nitro benzene ring substituents is 1. The lowest BCUT2D eigenvalue weighted by molar-refractivity contribution is -0.384. The summed E-state index contributed by atoms with van der Waals surface area (Å²) in [5.41, 5.74) is 1.91. The lowest BCUT2D eigenvalue weighted by Gasteiger charge is -2.49. The van der Waals surface area contributed by atoms with Gasteiger partial charge in [0, 0.05) is 56.6 Å². The molecule has 1 aromatic rings. The van der Waals surface area contributed by atoms with Gasteiger partial charge in [0.2, 0.25) is 11.8 Å². The molecule has 3 aliphatic heterocycles. The standard InChI is InChI=1S/C22H29N5O4/c28-21(25-7-1-2-8-25)14-24-9-10-26-19-6-5-17(27(30)31)11-15(19)12-18(20(26)13-24)22(29)23-16-3-4-16/h5-6,11,16,18,20H,1-4,7-10,12-14H2,(H,23,29). The van der Waals surface area contributed by atoms with Crippen LogP contribution >= 0.6 is 0 Å². The zero-order valence-corrected chi connectivity index (χ0v) is 17.7. The molecule has 2 unspecified atom stereocenters. The van der Waals surface area contributed by atoms with Crippen LogP contribution in [0.1, 0.15) is 31.2 Å². The van der Waals surface area contributed by atoms with Gasteiger partial charge in [0.1, 0.15) is 0 Å². The van der Waals surface area contributed by atoms with Crippen molar-refractivity contribution >= 4 is 23.2 Å². The highest BCUT2D eigenvalue weighted by Gasteiger charge is 2.43. The van der Waals surface area contributed by atoms with Crippen LogP contribution in [0.15, 0.2) is 18.2 Å². The number of nitro benzene ring substituents is 1. The highest BCUT2D eigenvalue weighted by atomic mass is 16.6. The number of benzene rings is 1. The number of nitrogens with one attached hydrogen (secondary N) is 1. The molecule has 2 atom stereocenters. The molecule has 1 N–H and O–H groups in total. The largest absolute Gasteiger partial charge is 0.365 e. The fraction of sp³-hybridized carbons (Fsp3) is 0.636. The van der Waals surface area contributed by atoms with E-state index in [-0.39, 0.29) is 40.4 Å². The summed E-state index contributed by atoms with van der Waals surface area (Å²) in [7, 11) is 0. The Bertz CT molecular complexity index is 896. The molecule has 0 bridgehead atoms. The van der Waals surface area contributed by atoms with E-state index in [1.807, 2.05) is 11.0 Å². The van der Waals surface area contributed by atoms with E-state index in [9.17, 15) is 19.7 Å². The molecule has 166 valence electrons. The van der Waals surface area contributed by atoms with Crippen molar-refractivity contribution in [2.45, 2.75) is 44.2 Å². The number of anilines is 1. The van der Waals surface area contributed by atoms with E-state index in [0.29, 0.717) is 26.1 Å². The minimum atomic E-state index is -0.381. The molecule has 9 heteroatoms. The molecule has 1 saturated carbocycles. The number of carbonyl (C=O) groups excluding carboxylic acids is 2. The van der Waals surface area contributed by atoms with Crippen molar-refractivity contribution in [1.82, 2.24) is 15.1 Å². The minimum Gasteiger partial charge on any atom is -0.365 e. The topological polar surface area (TPSA) is 99.0 Å². The van der Waals surface area contributed by atoms with Crippen LogP contribution in [0, 0.1) is 16.0 Å². The number of likely N-dealkylation sites (tertiary alicyclic amines) is 1. The van der Waals surface area contributed by atoms with Crippen LogP contribution in [0.5, 0.6) is 0 Å². The van der Waals surface area contributed by atoms with E-state index >= 15 is 0 Å². The van der Waals surface area contributed by atoms with Gasteiger partial charge in [-0.05, 0) is 43.7 Å². The number of rotatable bonds is 5. The molecule has 3 fully saturated rings. The Morgan fingerprint density at radius 1 is 1.13 bits per heavy atom. The molecule has 5 rings (SSSR count). The van der Waals surface area contributed by atoms with E-state index in [2.05, 4.69) is 15.1 Å². The van der Waals surface area contributed by atoms with Crippen LogP contribution < -0.4 is 10.2 Å². The van der Waals surface area contributed by atoms with Gasteiger partial charge in [0.25, 0.3) is 5.69 Å². The predicted octanol–water partition coefficient (Wildman–Crippen LogP) is 1.16. The Labute approximate surface area is 181 Å². The van der Waals surface area contributed by atoms with Gasteiger partial charge >= 0.3 is 0 Å². The summed E-state index contributed by atoms with van der Waals surface area (Å²) in [6, 6.07) is 5.22. The van der Waals surface area contributed by atoms with Crippen LogP contribution in [0.4, 0.5) is 11.4 Å². The minimum absolute atomic E-state index is 0.0300. The summed E-state index contributed by atoms with van der Waals surface area (Å²) in [5, 5.41) is 14.4. The molecule has 2 amide bonds. The smallest absolute Gasteiger partial charge is 0.269 e. The van der Waals surface area contributed by atoms with Gasteiger partial charge in [-0.3, -0.25) is 24.6 Å². The average Bonchev–Trinajstić information content (AvgIpc) is 3.39. The molecule has 31 heavy (non-hydrogen) atoms. The highest BCUT2D eigenvalue weighted by molar-refractivity contribution is 5.83. The third kappa shape index (κ3) is 4.11. The quantitative estimate of drug-likeness (QED) is 0.559. The summed E-state index contributed by atoms with van der Waals surface area (Å²) < 4.78 is 0. The fourth-order valence-electron chi connectivity index (χ4n) is 5.22. The second-order valence-corrected chi connectivity index (χ2v) is 9.25. The highest BCUT2D eigenvalue weighted by Crippen LogP contribution is 2.38. The first-order chi connectivity index (χ1) is 15.0. The van der Waals surface area contributed by atoms with Gasteiger partial charge in [-0.1, -0.05) is 0 Å². The van der Waals surface area contributed by atoms with Gasteiger partial charge in [0.05, 0.1) is 23.4 Å². The summed E-state index contributed by atoms with van der Waals surface area (Å²) in [6.07, 6.45) is 4.68. The molecule has 0 aromatic heterocycles. The maximum Gasteiger partial charge on any atom is 0.269 e. The second kappa shape index (κ2) is 8.11. The van der Waals surface area contributed by atoms with Crippen molar-refractivity contribution in [2.24, 2.45) is 5.92 Å². The number of nitrogens with zero attached hydrogens (tertiary/aromatic N) is 4. The van der Waals surface area contributed by atoms with E-state index in [4.69, 9.17) is 0 Å². The lowest BCUT2D eigenvalue weighted by atomic mass is 9.83. The maximum absolute atomic E-state index is 13.1. The van der Waals surface area contributed by atoms with Crippen LogP contribution in [-0.4, -0.2) is 77.9 Å². The van der Waals surface area contributed by atoms with E-state index in [1.54, 1.807) is 12.1 Å². The molecular weight excluding hydrogens is 398 g/mol. The monoisotopic (exact) mass is 427 g/mol. The number of nitro groups is 1. The van der Waals surface area contributed by atoms with Crippen LogP contribution in [0.2, 0.25) is 0 Å². The summed E-state index contributed by atoms with van der Waals surface area (Å²) >= 11 is 0. The molecule has 3 heterocycles. The Hall–Kier alpha value is -2.68. The van der Waals surface area contributed by atoms with E-state index in [0.717, 1.165) is 56.6 Å². The third-order valence-electron chi connectivity index (χ3n) is 7.07. The number of fused-ring (bicyclic) bond motifs is 3. The van der Waals surface area contributed by atoms with Crippen molar-refractivity contribution in [1.29, 1.82) is 0 Å². The first-order valence-electron chi connectivity index (χ1n) is 11.3. The van der Waals surface area contributed by atoms with Gasteiger partial charge in [0.15, 0.2) is 0 Å². The van der Waals surface area contributed by atoms with Crippen LogP contribution in [-0.2, 0) is 16.0 Å². The summed E-state index contributed by atoms with van der Waals surface area (Å²) in [4.78, 5) is 43.0. The van der Waals surface area contributed by atoms with Crippen molar-refractivity contribution < 1.29 is 14.5 Å². The number of piperazine rings is 1. The van der Waals surface area contributed by atoms with Gasteiger partial charge < -0.3 is 15.1 Å². The second-order valence-electron chi connectivity index (χ2n) is 9.25. The van der Waals surface area contributed by atoms with Crippen LogP contribution in [0.3, 0.4) is 0 Å². The van der Waals surface area contributed by atoms with Gasteiger partial charge in [-0.2, -0.15) is 0 Å². The number of hydrogen-bond donors (Lipinski definition) is 1. The first kappa shape index (κ1) is 20.2. The molecule has 1 aromatic carbocycles. The number of amides is 2. The first-order valence-corrected chi connectivity index (χ1v) is 11.3. The molecule has 2 saturated heterocycles. The van der Waals surface area contributed by atoms with Crippen molar-refractivity contribution in [2.75, 3.05) is 44.2 Å². The molecule has 1 aliphatic carbocycles. The Balaban J connectivity index is 1.37. The maximum atomic E-state index is 13.1. The van der Waals surface area contributed by atoms with Gasteiger partial charge in [-0.15, -0.1) is 0 Å². The Kier molecular flexibility index (Phi) is 5.29. The summed E-state index contributed by atoms with van der Waals surface area (Å²) in [6.45, 7) is 4.19. The van der Waals surface area contributed by atoms with Crippen molar-refractivity contribution in [3.63, 3.8) is 0 Å². The lowest BCUT2D eigenvalue weighted by Crippen LogP contribution is -2.62. The van der Waals surface area contributed by atoms with Crippen molar-refractivity contribution in [3.8, 4) is 0 Å². The average molecular weight is 428 g/mol. The third-order valence-corrected chi connectivity index (χ3v) is 7.07. The Morgan fingerprint density at radius 2 is 1.90 bits per heavy atom. The molecule has 9 nitrogen and oxygen atoms in total. The molecule has 0 spiro atoms. The summed E-state index contributed by atoms with van der Waals surface area (Å²) in [5.74, 6) is -0.0704. The molecule has 4 aliphatic rings. The zero-order chi connectivity index (χ0) is 21.5. The predicted molar refractivity (Wildman–Crippen MR) is 115 cm³/mol. The van der Waals surface area contributed by atoms with E-state index in [1.165, 1.54) is 0 Å². The number of hydrogen-bond acceptors (Lipinski definition) is 6. The van der Waals surface area contributed by atoms with E-state index < -0.39 is 0 Å². The molecule has 0 radical (unpaired) electrons. The van der Waals surface area contributed by atoms with Crippen molar-refractivity contribution in [3.05, 3.63) is 33.9 Å².